The molecule has 1 N–H and O–H groups in total. The van der Waals surface area contributed by atoms with Crippen molar-refractivity contribution in [2.75, 3.05) is 0 Å². The Labute approximate surface area is 64.4 Å². The Balaban J connectivity index is 2.88. The molecule has 0 saturated heterocycles. The van der Waals surface area contributed by atoms with Gasteiger partial charge in [0.05, 0.1) is 11.4 Å². The number of ketones is 1. The molecule has 3 heteroatoms. The third-order valence-electron chi connectivity index (χ3n) is 1.46. The zero-order chi connectivity index (χ0) is 8.27. The summed E-state index contributed by atoms with van der Waals surface area (Å²) in [7, 11) is 0. The molecule has 11 heavy (non-hydrogen) atoms. The van der Waals surface area contributed by atoms with Crippen molar-refractivity contribution in [3.63, 3.8) is 0 Å². The molecule has 0 spiro atoms. The number of aromatic nitrogens is 1. The smallest absolute Gasteiger partial charge is 0.178 e. The number of aldehydes is 1. The summed E-state index contributed by atoms with van der Waals surface area (Å²) in [5.41, 5.74) is 0.955. The normalized spacial score (nSPS) is 9.55. The Morgan fingerprint density at radius 3 is 2.82 bits per heavy atom. The predicted octanol–water partition coefficient (Wildman–Crippen LogP) is 1.42. The maximum Gasteiger partial charge on any atom is 0.178 e. The van der Waals surface area contributed by atoms with Crippen molar-refractivity contribution in [1.82, 2.24) is 4.98 Å². The van der Waals surface area contributed by atoms with Crippen molar-refractivity contribution in [3.8, 4) is 0 Å². The van der Waals surface area contributed by atoms with Gasteiger partial charge in [-0.25, -0.2) is 0 Å². The summed E-state index contributed by atoms with van der Waals surface area (Å²) in [6.45, 7) is 1.78. The van der Waals surface area contributed by atoms with Crippen LogP contribution in [0.15, 0.2) is 12.1 Å². The van der Waals surface area contributed by atoms with Crippen LogP contribution in [0.3, 0.4) is 0 Å². The van der Waals surface area contributed by atoms with Crippen LogP contribution in [-0.4, -0.2) is 17.1 Å². The van der Waals surface area contributed by atoms with Crippen LogP contribution in [0, 0.1) is 0 Å². The largest absolute Gasteiger partial charge is 0.350 e. The van der Waals surface area contributed by atoms with E-state index in [0.29, 0.717) is 24.1 Å². The van der Waals surface area contributed by atoms with Gasteiger partial charge in [-0.15, -0.1) is 0 Å². The third-order valence-corrected chi connectivity index (χ3v) is 1.46. The molecular weight excluding hydrogens is 142 g/mol. The molecule has 0 fully saturated rings. The highest BCUT2D eigenvalue weighted by Gasteiger charge is 2.04. The average molecular weight is 151 g/mol. The predicted molar refractivity (Wildman–Crippen MR) is 40.8 cm³/mol. The highest BCUT2D eigenvalue weighted by atomic mass is 16.1. The Kier molecular flexibility index (Phi) is 2.21. The van der Waals surface area contributed by atoms with E-state index in [1.54, 1.807) is 19.1 Å². The van der Waals surface area contributed by atoms with Gasteiger partial charge in [-0.05, 0) is 12.1 Å². The quantitative estimate of drug-likeness (QED) is 0.524. The van der Waals surface area contributed by atoms with E-state index in [1.807, 2.05) is 0 Å². The van der Waals surface area contributed by atoms with Gasteiger partial charge in [0.2, 0.25) is 0 Å². The van der Waals surface area contributed by atoms with Crippen molar-refractivity contribution >= 4 is 12.1 Å². The van der Waals surface area contributed by atoms with E-state index in [9.17, 15) is 9.59 Å². The first-order valence-electron chi connectivity index (χ1n) is 3.45. The lowest BCUT2D eigenvalue weighted by Gasteiger charge is -1.89. The Morgan fingerprint density at radius 2 is 2.36 bits per heavy atom. The number of carbonyl (C=O) groups is 2. The molecule has 0 bridgehead atoms. The number of carbonyl (C=O) groups excluding carboxylic acids is 2. The minimum Gasteiger partial charge on any atom is -0.350 e. The standard InChI is InChI=1S/C8H9NO2/c1-2-8(11)7-4-3-6(5-10)9-7/h3-5,9H,2H2,1H3. The van der Waals surface area contributed by atoms with Gasteiger partial charge in [-0.1, -0.05) is 6.92 Å². The molecule has 58 valence electrons. The van der Waals surface area contributed by atoms with Crippen LogP contribution < -0.4 is 0 Å². The van der Waals surface area contributed by atoms with Gasteiger partial charge in [0.1, 0.15) is 0 Å². The lowest BCUT2D eigenvalue weighted by atomic mass is 10.2. The average Bonchev–Trinajstić information content (AvgIpc) is 2.50. The topological polar surface area (TPSA) is 49.9 Å². The molecule has 1 heterocycles. The Bertz CT molecular complexity index is 275. The van der Waals surface area contributed by atoms with Crippen molar-refractivity contribution in [2.45, 2.75) is 13.3 Å². The van der Waals surface area contributed by atoms with E-state index in [1.165, 1.54) is 0 Å². The summed E-state index contributed by atoms with van der Waals surface area (Å²) in [5.74, 6) is 0.0260. The SMILES string of the molecule is CCC(=O)c1ccc(C=O)[nH]1. The fourth-order valence-electron chi connectivity index (χ4n) is 0.834. The molecule has 0 aliphatic heterocycles. The van der Waals surface area contributed by atoms with Gasteiger partial charge in [0.25, 0.3) is 0 Å². The second-order valence-electron chi connectivity index (χ2n) is 2.22. The molecule has 0 saturated carbocycles. The van der Waals surface area contributed by atoms with E-state index in [2.05, 4.69) is 4.98 Å². The first-order chi connectivity index (χ1) is 5.27. The van der Waals surface area contributed by atoms with Gasteiger partial charge in [-0.3, -0.25) is 9.59 Å². The van der Waals surface area contributed by atoms with Gasteiger partial charge in [-0.2, -0.15) is 0 Å². The van der Waals surface area contributed by atoms with Gasteiger partial charge >= 0.3 is 0 Å². The van der Waals surface area contributed by atoms with Crippen molar-refractivity contribution in [3.05, 3.63) is 23.5 Å². The summed E-state index contributed by atoms with van der Waals surface area (Å²) in [5, 5.41) is 0. The lowest BCUT2D eigenvalue weighted by Crippen LogP contribution is -1.96. The zero-order valence-corrected chi connectivity index (χ0v) is 6.26. The molecule has 1 aromatic rings. The number of aromatic amines is 1. The second kappa shape index (κ2) is 3.14. The molecule has 0 aromatic carbocycles. The van der Waals surface area contributed by atoms with Gasteiger partial charge in [0.15, 0.2) is 12.1 Å². The van der Waals surface area contributed by atoms with Crippen LogP contribution in [0.4, 0.5) is 0 Å². The van der Waals surface area contributed by atoms with Crippen LogP contribution in [0.5, 0.6) is 0 Å². The summed E-state index contributed by atoms with van der Waals surface area (Å²) in [4.78, 5) is 23.9. The Morgan fingerprint density at radius 1 is 1.64 bits per heavy atom. The fraction of sp³-hybridized carbons (Fsp3) is 0.250. The van der Waals surface area contributed by atoms with Crippen molar-refractivity contribution in [1.29, 1.82) is 0 Å². The number of hydrogen-bond acceptors (Lipinski definition) is 2. The van der Waals surface area contributed by atoms with Crippen molar-refractivity contribution in [2.24, 2.45) is 0 Å². The lowest BCUT2D eigenvalue weighted by molar-refractivity contribution is 0.0984. The second-order valence-corrected chi connectivity index (χ2v) is 2.22. The number of nitrogens with one attached hydrogen (secondary N) is 1. The molecule has 0 amide bonds. The summed E-state index contributed by atoms with van der Waals surface area (Å²) in [6.07, 6.45) is 1.14. The Hall–Kier alpha value is -1.38. The minimum absolute atomic E-state index is 0.0260. The maximum absolute atomic E-state index is 11.0. The molecule has 3 nitrogen and oxygen atoms in total. The number of hydrogen-bond donors (Lipinski definition) is 1. The van der Waals surface area contributed by atoms with Crippen LogP contribution >= 0.6 is 0 Å². The summed E-state index contributed by atoms with van der Waals surface area (Å²) < 4.78 is 0. The van der Waals surface area contributed by atoms with Crippen LogP contribution in [0.25, 0.3) is 0 Å². The minimum atomic E-state index is 0.0260. The van der Waals surface area contributed by atoms with E-state index >= 15 is 0 Å². The molecule has 1 rings (SSSR count). The van der Waals surface area contributed by atoms with E-state index in [4.69, 9.17) is 0 Å². The number of H-pyrrole nitrogens is 1. The van der Waals surface area contributed by atoms with E-state index in [-0.39, 0.29) is 5.78 Å². The van der Waals surface area contributed by atoms with E-state index in [0.717, 1.165) is 0 Å². The molecular formula is C8H9NO2. The third kappa shape index (κ3) is 1.55. The molecule has 1 aromatic heterocycles. The number of rotatable bonds is 3. The molecule has 0 atom stereocenters. The highest BCUT2D eigenvalue weighted by molar-refractivity contribution is 5.95. The van der Waals surface area contributed by atoms with Crippen molar-refractivity contribution < 1.29 is 9.59 Å². The van der Waals surface area contributed by atoms with Gasteiger partial charge < -0.3 is 4.98 Å². The monoisotopic (exact) mass is 151 g/mol. The zero-order valence-electron chi connectivity index (χ0n) is 6.26. The van der Waals surface area contributed by atoms with Crippen LogP contribution in [0.2, 0.25) is 0 Å². The molecule has 0 aliphatic rings. The van der Waals surface area contributed by atoms with Crippen LogP contribution in [0.1, 0.15) is 34.3 Å². The van der Waals surface area contributed by atoms with Gasteiger partial charge in [0, 0.05) is 6.42 Å². The summed E-state index contributed by atoms with van der Waals surface area (Å²) in [6, 6.07) is 3.21. The fourth-order valence-corrected chi connectivity index (χ4v) is 0.834. The highest BCUT2D eigenvalue weighted by Crippen LogP contribution is 2.02. The molecule has 0 unspecified atom stereocenters. The van der Waals surface area contributed by atoms with E-state index < -0.39 is 0 Å². The molecule has 0 radical (unpaired) electrons. The maximum atomic E-state index is 11.0. The first-order valence-corrected chi connectivity index (χ1v) is 3.45. The molecule has 0 aliphatic carbocycles. The number of Topliss-reactive ketones (excluding diaryl/α,β-unsaturated/α-hetero) is 1. The first kappa shape index (κ1) is 7.72. The van der Waals surface area contributed by atoms with Crippen LogP contribution in [-0.2, 0) is 0 Å². The summed E-state index contributed by atoms with van der Waals surface area (Å²) >= 11 is 0.